The topological polar surface area (TPSA) is 26.3 Å². The zero-order chi connectivity index (χ0) is 12.3. The van der Waals surface area contributed by atoms with Gasteiger partial charge in [-0.15, -0.1) is 0 Å². The van der Waals surface area contributed by atoms with Gasteiger partial charge >= 0.3 is 0 Å². The molecule has 1 atom stereocenters. The minimum absolute atomic E-state index is 0.125. The third kappa shape index (κ3) is 2.88. The average Bonchev–Trinajstić information content (AvgIpc) is 2.34. The molecule has 0 saturated carbocycles. The first-order valence-corrected chi connectivity index (χ1v) is 5.77. The molecule has 17 heavy (non-hydrogen) atoms. The van der Waals surface area contributed by atoms with Crippen LogP contribution in [0.15, 0.2) is 18.2 Å². The van der Waals surface area contributed by atoms with Crippen LogP contribution in [-0.4, -0.2) is 18.5 Å². The molecular weight excluding hydrogens is 226 g/mol. The molecule has 1 aromatic carbocycles. The number of ketones is 1. The molecule has 0 aliphatic carbocycles. The Hall–Kier alpha value is -1.29. The number of benzene rings is 1. The van der Waals surface area contributed by atoms with Gasteiger partial charge in [0.2, 0.25) is 0 Å². The summed E-state index contributed by atoms with van der Waals surface area (Å²) >= 11 is 0. The Bertz CT molecular complexity index is 412. The molecule has 2 nitrogen and oxygen atoms in total. The molecule has 92 valence electrons. The predicted molar refractivity (Wildman–Crippen MR) is 58.9 cm³/mol. The molecular formula is C13H14F2O2. The summed E-state index contributed by atoms with van der Waals surface area (Å²) in [4.78, 5) is 11.8. The summed E-state index contributed by atoms with van der Waals surface area (Å²) in [5.74, 6) is -2.44. The number of rotatable bonds is 3. The van der Waals surface area contributed by atoms with E-state index in [1.165, 1.54) is 12.1 Å². The first-order chi connectivity index (χ1) is 8.18. The fraction of sp³-hybridized carbons (Fsp3) is 0.462. The minimum atomic E-state index is -1.06. The number of ether oxygens (including phenoxy) is 1. The van der Waals surface area contributed by atoms with E-state index in [4.69, 9.17) is 4.74 Å². The smallest absolute Gasteiger partial charge is 0.169 e. The summed E-state index contributed by atoms with van der Waals surface area (Å²) in [6, 6.07) is 3.65. The molecule has 1 heterocycles. The van der Waals surface area contributed by atoms with E-state index in [0.717, 1.165) is 25.3 Å². The van der Waals surface area contributed by atoms with Gasteiger partial charge in [0, 0.05) is 13.0 Å². The molecule has 1 fully saturated rings. The van der Waals surface area contributed by atoms with E-state index in [9.17, 15) is 13.6 Å². The lowest BCUT2D eigenvalue weighted by molar-refractivity contribution is 0.0128. The van der Waals surface area contributed by atoms with Crippen molar-refractivity contribution < 1.29 is 18.3 Å². The van der Waals surface area contributed by atoms with E-state index in [1.807, 2.05) is 0 Å². The average molecular weight is 240 g/mol. The van der Waals surface area contributed by atoms with E-state index in [-0.39, 0.29) is 18.1 Å². The van der Waals surface area contributed by atoms with Gasteiger partial charge in [-0.2, -0.15) is 0 Å². The summed E-state index contributed by atoms with van der Waals surface area (Å²) in [6.45, 7) is 0.642. The fourth-order valence-corrected chi connectivity index (χ4v) is 2.00. The Kier molecular flexibility index (Phi) is 3.84. The van der Waals surface area contributed by atoms with E-state index in [0.29, 0.717) is 6.61 Å². The maximum atomic E-state index is 13.4. The number of hydrogen-bond donors (Lipinski definition) is 0. The SMILES string of the molecule is O=C(CC1CCCCO1)c1cccc(F)c1F. The summed E-state index contributed by atoms with van der Waals surface area (Å²) < 4.78 is 31.7. The zero-order valence-electron chi connectivity index (χ0n) is 9.42. The van der Waals surface area contributed by atoms with Gasteiger partial charge in [-0.3, -0.25) is 4.79 Å². The van der Waals surface area contributed by atoms with Gasteiger partial charge < -0.3 is 4.74 Å². The van der Waals surface area contributed by atoms with Gasteiger partial charge in [-0.1, -0.05) is 6.07 Å². The monoisotopic (exact) mass is 240 g/mol. The first-order valence-electron chi connectivity index (χ1n) is 5.77. The van der Waals surface area contributed by atoms with Crippen molar-refractivity contribution in [3.63, 3.8) is 0 Å². The van der Waals surface area contributed by atoms with Gasteiger partial charge in [0.05, 0.1) is 11.7 Å². The Morgan fingerprint density at radius 1 is 1.35 bits per heavy atom. The third-order valence-corrected chi connectivity index (χ3v) is 2.94. The maximum Gasteiger partial charge on any atom is 0.169 e. The number of carbonyl (C=O) groups excluding carboxylic acids is 1. The van der Waals surface area contributed by atoms with Crippen LogP contribution in [0.1, 0.15) is 36.0 Å². The van der Waals surface area contributed by atoms with Gasteiger partial charge in [0.25, 0.3) is 0 Å². The predicted octanol–water partition coefficient (Wildman–Crippen LogP) is 3.11. The molecule has 0 N–H and O–H groups in total. The highest BCUT2D eigenvalue weighted by atomic mass is 19.2. The Labute approximate surface area is 98.6 Å². The van der Waals surface area contributed by atoms with Crippen LogP contribution in [0, 0.1) is 11.6 Å². The Morgan fingerprint density at radius 3 is 2.88 bits per heavy atom. The van der Waals surface area contributed by atoms with Gasteiger partial charge in [0.1, 0.15) is 0 Å². The van der Waals surface area contributed by atoms with Crippen LogP contribution in [0.4, 0.5) is 8.78 Å². The van der Waals surface area contributed by atoms with Crippen LogP contribution >= 0.6 is 0 Å². The molecule has 0 amide bonds. The quantitative estimate of drug-likeness (QED) is 0.759. The summed E-state index contributed by atoms with van der Waals surface area (Å²) in [6.07, 6.45) is 2.80. The van der Waals surface area contributed by atoms with Crippen molar-refractivity contribution in [3.8, 4) is 0 Å². The lowest BCUT2D eigenvalue weighted by Crippen LogP contribution is -2.23. The number of hydrogen-bond acceptors (Lipinski definition) is 2. The number of halogens is 2. The van der Waals surface area contributed by atoms with Crippen molar-refractivity contribution in [3.05, 3.63) is 35.4 Å². The fourth-order valence-electron chi connectivity index (χ4n) is 2.00. The van der Waals surface area contributed by atoms with Crippen LogP contribution in [0.2, 0.25) is 0 Å². The van der Waals surface area contributed by atoms with Crippen LogP contribution in [0.25, 0.3) is 0 Å². The normalized spacial score (nSPS) is 20.2. The van der Waals surface area contributed by atoms with E-state index in [1.54, 1.807) is 0 Å². The molecule has 1 aliphatic rings. The van der Waals surface area contributed by atoms with Crippen molar-refractivity contribution in [1.29, 1.82) is 0 Å². The van der Waals surface area contributed by atoms with Gasteiger partial charge in [-0.25, -0.2) is 8.78 Å². The Morgan fingerprint density at radius 2 is 2.18 bits per heavy atom. The first kappa shape index (κ1) is 12.2. The highest BCUT2D eigenvalue weighted by Crippen LogP contribution is 2.20. The molecule has 0 spiro atoms. The van der Waals surface area contributed by atoms with Crippen molar-refractivity contribution in [2.45, 2.75) is 31.8 Å². The number of Topliss-reactive ketones (excluding diaryl/α,β-unsaturated/α-hetero) is 1. The van der Waals surface area contributed by atoms with Crippen molar-refractivity contribution in [2.75, 3.05) is 6.61 Å². The highest BCUT2D eigenvalue weighted by molar-refractivity contribution is 5.96. The third-order valence-electron chi connectivity index (χ3n) is 2.94. The number of carbonyl (C=O) groups is 1. The summed E-state index contributed by atoms with van der Waals surface area (Å²) in [7, 11) is 0. The molecule has 1 unspecified atom stereocenters. The highest BCUT2D eigenvalue weighted by Gasteiger charge is 2.21. The second-order valence-electron chi connectivity index (χ2n) is 4.22. The van der Waals surface area contributed by atoms with E-state index in [2.05, 4.69) is 0 Å². The summed E-state index contributed by atoms with van der Waals surface area (Å²) in [5, 5.41) is 0. The Balaban J connectivity index is 2.06. The lowest BCUT2D eigenvalue weighted by Gasteiger charge is -2.21. The molecule has 4 heteroatoms. The van der Waals surface area contributed by atoms with Crippen molar-refractivity contribution >= 4 is 5.78 Å². The van der Waals surface area contributed by atoms with Crippen molar-refractivity contribution in [2.24, 2.45) is 0 Å². The molecule has 0 bridgehead atoms. The molecule has 2 rings (SSSR count). The second kappa shape index (κ2) is 5.36. The minimum Gasteiger partial charge on any atom is -0.378 e. The molecule has 0 aromatic heterocycles. The van der Waals surface area contributed by atoms with Crippen LogP contribution < -0.4 is 0 Å². The van der Waals surface area contributed by atoms with Crippen LogP contribution in [0.3, 0.4) is 0 Å². The second-order valence-corrected chi connectivity index (χ2v) is 4.22. The van der Waals surface area contributed by atoms with Crippen LogP contribution in [-0.2, 0) is 4.74 Å². The van der Waals surface area contributed by atoms with E-state index >= 15 is 0 Å². The maximum absolute atomic E-state index is 13.4. The molecule has 1 saturated heterocycles. The standard InChI is InChI=1S/C13H14F2O2/c14-11-6-3-5-10(13(11)15)12(16)8-9-4-1-2-7-17-9/h3,5-6,9H,1-2,4,7-8H2. The van der Waals surface area contributed by atoms with Gasteiger partial charge in [0.15, 0.2) is 17.4 Å². The van der Waals surface area contributed by atoms with Crippen LogP contribution in [0.5, 0.6) is 0 Å². The molecule has 1 aliphatic heterocycles. The van der Waals surface area contributed by atoms with E-state index < -0.39 is 17.4 Å². The van der Waals surface area contributed by atoms with Crippen molar-refractivity contribution in [1.82, 2.24) is 0 Å². The van der Waals surface area contributed by atoms with Gasteiger partial charge in [-0.05, 0) is 31.4 Å². The molecule has 1 aromatic rings. The zero-order valence-corrected chi connectivity index (χ0v) is 9.42. The summed E-state index contributed by atoms with van der Waals surface area (Å²) in [5.41, 5.74) is -0.181. The largest absolute Gasteiger partial charge is 0.378 e. The molecule has 0 radical (unpaired) electrons. The lowest BCUT2D eigenvalue weighted by atomic mass is 10.00.